The second kappa shape index (κ2) is 19.9. The second-order valence-electron chi connectivity index (χ2n) is 13.1. The van der Waals surface area contributed by atoms with E-state index < -0.39 is 64.2 Å². The fourth-order valence-electron chi connectivity index (χ4n) is 5.86. The zero-order chi connectivity index (χ0) is 46.0. The Kier molecular flexibility index (Phi) is 14.3. The van der Waals surface area contributed by atoms with Gasteiger partial charge in [0.25, 0.3) is 29.3 Å². The van der Waals surface area contributed by atoms with Gasteiger partial charge in [0.15, 0.2) is 17.6 Å². The molecule has 2 unspecified atom stereocenters. The summed E-state index contributed by atoms with van der Waals surface area (Å²) in [5.74, 6) is -6.92. The number of nitro benzene ring substituents is 1. The van der Waals surface area contributed by atoms with Gasteiger partial charge in [-0.15, -0.1) is 0 Å². The third kappa shape index (κ3) is 10.9. The van der Waals surface area contributed by atoms with Gasteiger partial charge >= 0.3 is 5.97 Å². The lowest BCUT2D eigenvalue weighted by atomic mass is 10.1. The Hall–Kier alpha value is -8.85. The maximum atomic E-state index is 13.5. The van der Waals surface area contributed by atoms with Gasteiger partial charge in [-0.05, 0) is 91.0 Å². The molecule has 0 bridgehead atoms. The normalized spacial score (nSPS) is 11.5. The van der Waals surface area contributed by atoms with E-state index >= 15 is 0 Å². The Bertz CT molecular complexity index is 2600. The van der Waals surface area contributed by atoms with Crippen LogP contribution in [0.3, 0.4) is 0 Å². The smallest absolute Gasteiger partial charge is 0.335 e. The number of ether oxygens (including phenoxy) is 3. The van der Waals surface area contributed by atoms with Crippen molar-refractivity contribution in [2.45, 2.75) is 12.1 Å². The van der Waals surface area contributed by atoms with Crippen LogP contribution in [0, 0.1) is 10.1 Å². The maximum absolute atomic E-state index is 13.5. The number of benzene rings is 5. The number of aromatic carboxylic acids is 1. The fourth-order valence-corrected chi connectivity index (χ4v) is 5.86. The molecule has 0 saturated carbocycles. The van der Waals surface area contributed by atoms with E-state index in [9.17, 15) is 53.9 Å². The first-order valence-electron chi connectivity index (χ1n) is 18.2. The number of nitro groups is 1. The molecule has 2 atom stereocenters. The number of non-ortho nitro benzene ring substituents is 1. The Morgan fingerprint density at radius 2 is 1.14 bits per heavy atom. The van der Waals surface area contributed by atoms with E-state index in [0.717, 1.165) is 7.11 Å². The first-order chi connectivity index (χ1) is 30.0. The van der Waals surface area contributed by atoms with E-state index in [2.05, 4.69) is 26.6 Å². The van der Waals surface area contributed by atoms with Crippen molar-refractivity contribution in [3.05, 3.63) is 141 Å². The number of carboxylic acids is 1. The lowest BCUT2D eigenvalue weighted by Crippen LogP contribution is -2.56. The predicted molar refractivity (Wildman–Crippen MR) is 224 cm³/mol. The molecule has 5 rings (SSSR count). The molecule has 0 aromatic heterocycles. The van der Waals surface area contributed by atoms with Crippen molar-refractivity contribution < 1.29 is 62.9 Å². The number of carboxylic acid groups (broad SMARTS) is 1. The lowest BCUT2D eigenvalue weighted by molar-refractivity contribution is -0.384. The zero-order valence-corrected chi connectivity index (χ0v) is 33.3. The maximum Gasteiger partial charge on any atom is 0.335 e. The third-order valence-corrected chi connectivity index (χ3v) is 9.09. The first kappa shape index (κ1) is 45.2. The quantitative estimate of drug-likeness (QED) is 0.0484. The molecule has 0 saturated heterocycles. The summed E-state index contributed by atoms with van der Waals surface area (Å²) in [7, 11) is 3.59. The highest BCUT2D eigenvalue weighted by molar-refractivity contribution is 6.10. The Labute approximate surface area is 356 Å². The van der Waals surface area contributed by atoms with Gasteiger partial charge in [0.1, 0.15) is 11.8 Å². The van der Waals surface area contributed by atoms with Gasteiger partial charge in [0.2, 0.25) is 11.8 Å². The van der Waals surface area contributed by atoms with Crippen LogP contribution in [0.25, 0.3) is 0 Å². The lowest BCUT2D eigenvalue weighted by Gasteiger charge is -2.24. The number of rotatable bonds is 17. The van der Waals surface area contributed by atoms with E-state index in [-0.39, 0.29) is 67.8 Å². The van der Waals surface area contributed by atoms with E-state index in [0.29, 0.717) is 0 Å². The number of hydrogen-bond acceptors (Lipinski definition) is 13. The number of nitrogens with two attached hydrogens (primary N) is 1. The van der Waals surface area contributed by atoms with Crippen molar-refractivity contribution in [2.24, 2.45) is 5.73 Å². The van der Waals surface area contributed by atoms with Gasteiger partial charge in [-0.3, -0.25) is 38.9 Å². The molecule has 21 heteroatoms. The van der Waals surface area contributed by atoms with Crippen molar-refractivity contribution in [3.8, 4) is 17.2 Å². The second-order valence-corrected chi connectivity index (χ2v) is 13.1. The largest absolute Gasteiger partial charge is 0.504 e. The molecule has 5 aromatic carbocycles. The van der Waals surface area contributed by atoms with Crippen molar-refractivity contribution in [1.29, 1.82) is 0 Å². The highest BCUT2D eigenvalue weighted by Crippen LogP contribution is 2.38. The Morgan fingerprint density at radius 1 is 0.635 bits per heavy atom. The topological polar surface area (TPSA) is 317 Å². The molecule has 0 radical (unpaired) electrons. The molecule has 5 aromatic rings. The van der Waals surface area contributed by atoms with Gasteiger partial charge in [0.05, 0.1) is 41.6 Å². The molecular weight excluding hydrogens is 826 g/mol. The minimum absolute atomic E-state index is 0.0177. The molecule has 324 valence electrons. The number of phenolic OH excluding ortho intramolecular Hbond substituents is 1. The van der Waals surface area contributed by atoms with Gasteiger partial charge < -0.3 is 56.7 Å². The molecule has 0 spiro atoms. The number of carbonyl (C=O) groups excluding carboxylic acids is 6. The minimum Gasteiger partial charge on any atom is -0.504 e. The molecule has 21 nitrogen and oxygen atoms in total. The molecule has 0 heterocycles. The van der Waals surface area contributed by atoms with Crippen LogP contribution < -0.4 is 41.8 Å². The summed E-state index contributed by atoms with van der Waals surface area (Å²) >= 11 is 0. The molecule has 0 fully saturated rings. The number of aromatic hydroxyl groups is 1. The number of primary amides is 1. The molecule has 0 aliphatic rings. The molecule has 9 N–H and O–H groups in total. The van der Waals surface area contributed by atoms with Crippen LogP contribution in [0.1, 0.15) is 51.8 Å². The summed E-state index contributed by atoms with van der Waals surface area (Å²) in [4.78, 5) is 99.6. The van der Waals surface area contributed by atoms with Gasteiger partial charge in [-0.25, -0.2) is 4.79 Å². The highest BCUT2D eigenvalue weighted by Gasteiger charge is 2.34. The summed E-state index contributed by atoms with van der Waals surface area (Å²) in [5, 5.41) is 43.7. The molecular formula is C42H37N7O14. The number of methoxy groups -OCH3 is 3. The first-order valence-corrected chi connectivity index (χ1v) is 18.2. The number of nitrogens with one attached hydrogen (secondary N) is 5. The number of anilines is 4. The summed E-state index contributed by atoms with van der Waals surface area (Å²) in [5.41, 5.74) is 5.68. The van der Waals surface area contributed by atoms with Crippen LogP contribution in [0.2, 0.25) is 0 Å². The molecule has 63 heavy (non-hydrogen) atoms. The number of hydrogen-bond donors (Lipinski definition) is 8. The number of amides is 6. The highest BCUT2D eigenvalue weighted by atomic mass is 16.6. The monoisotopic (exact) mass is 863 g/mol. The van der Waals surface area contributed by atoms with E-state index in [1.165, 1.54) is 117 Å². The Morgan fingerprint density at radius 3 is 1.67 bits per heavy atom. The Balaban J connectivity index is 1.23. The summed E-state index contributed by atoms with van der Waals surface area (Å²) in [6.45, 7) is 0. The minimum atomic E-state index is -1.66. The summed E-state index contributed by atoms with van der Waals surface area (Å²) < 4.78 is 15.6. The van der Waals surface area contributed by atoms with Crippen LogP contribution >= 0.6 is 0 Å². The predicted octanol–water partition coefficient (Wildman–Crippen LogP) is 4.01. The van der Waals surface area contributed by atoms with Gasteiger partial charge in [-0.1, -0.05) is 0 Å². The number of nitrogens with zero attached hydrogens (tertiary/aromatic N) is 1. The summed E-state index contributed by atoms with van der Waals surface area (Å²) in [6.07, 6.45) is -1.63. The SMILES string of the molecule is COc1cc(C(=O)O)ccc1NC(=O)c1ccc(NC(=O)c2ccc(NC(=O)C(NC(=O)c3ccc(NC(=O)c4ccc([N+](=O)[O-])cc4)cc3)C(OC)C(N)=O)cc2)c(OC)c1O. The average Bonchev–Trinajstić information content (AvgIpc) is 3.26. The zero-order valence-electron chi connectivity index (χ0n) is 33.3. The van der Waals surface area contributed by atoms with Crippen molar-refractivity contribution in [3.63, 3.8) is 0 Å². The fraction of sp³-hybridized carbons (Fsp3) is 0.119. The number of carbonyl (C=O) groups is 7. The van der Waals surface area contributed by atoms with Crippen molar-refractivity contribution in [2.75, 3.05) is 42.6 Å². The molecule has 0 aliphatic carbocycles. The van der Waals surface area contributed by atoms with Crippen LogP contribution in [-0.2, 0) is 14.3 Å². The van der Waals surface area contributed by atoms with Crippen molar-refractivity contribution in [1.82, 2.24) is 5.32 Å². The van der Waals surface area contributed by atoms with Crippen LogP contribution in [0.4, 0.5) is 28.4 Å². The van der Waals surface area contributed by atoms with Crippen LogP contribution in [0.15, 0.2) is 103 Å². The van der Waals surface area contributed by atoms with Gasteiger partial charge in [-0.2, -0.15) is 0 Å². The summed E-state index contributed by atoms with van der Waals surface area (Å²) in [6, 6.07) is 20.4. The standard InChI is InChI=1S/C42H37N7O14/c1-61-31-20-24(42(57)58)10-18-29(31)46-40(55)28-17-19-30(34(62-2)33(28)50)47-38(53)21-4-13-26(14-5-21)45-41(56)32(35(63-3)36(43)51)48-39(54)22-6-11-25(12-7-22)44-37(52)23-8-15-27(16-9-23)49(59)60/h4-20,32,35,50H,1-3H3,(H2,43,51)(H,44,52)(H,45,56)(H,46,55)(H,47,53)(H,48,54)(H,57,58). The van der Waals surface area contributed by atoms with Crippen LogP contribution in [0.5, 0.6) is 17.2 Å². The van der Waals surface area contributed by atoms with E-state index in [1.807, 2.05) is 0 Å². The molecule has 6 amide bonds. The van der Waals surface area contributed by atoms with Crippen molar-refractivity contribution >= 4 is 69.8 Å². The van der Waals surface area contributed by atoms with Gasteiger partial charge in [0, 0.05) is 47.3 Å². The molecule has 0 aliphatic heterocycles. The van der Waals surface area contributed by atoms with E-state index in [1.54, 1.807) is 0 Å². The average molecular weight is 864 g/mol. The van der Waals surface area contributed by atoms with E-state index in [4.69, 9.17) is 19.9 Å². The number of phenols is 1. The van der Waals surface area contributed by atoms with Crippen LogP contribution in [-0.4, -0.2) is 90.0 Å². The third-order valence-electron chi connectivity index (χ3n) is 9.09.